The standard InChI is InChI=1S/C12H17Cl2NO3S/c1-2-6-15-7-9(16)8-19(17,18)12-10(13)4-3-5-11(12)14/h3-5,9,15-16H,2,6-8H2,1H3. The van der Waals surface area contributed by atoms with Gasteiger partial charge in [-0.15, -0.1) is 0 Å². The van der Waals surface area contributed by atoms with E-state index in [1.807, 2.05) is 6.92 Å². The summed E-state index contributed by atoms with van der Waals surface area (Å²) in [5.74, 6) is -0.410. The molecule has 0 aliphatic rings. The van der Waals surface area contributed by atoms with Crippen molar-refractivity contribution in [1.29, 1.82) is 0 Å². The molecule has 0 aromatic heterocycles. The van der Waals surface area contributed by atoms with Crippen LogP contribution >= 0.6 is 23.2 Å². The first-order chi connectivity index (χ1) is 8.88. The smallest absolute Gasteiger partial charge is 0.183 e. The summed E-state index contributed by atoms with van der Waals surface area (Å²) in [6.07, 6.45) is -0.0839. The number of hydrogen-bond acceptors (Lipinski definition) is 4. The van der Waals surface area contributed by atoms with E-state index < -0.39 is 21.7 Å². The Bertz CT molecular complexity index is 499. The molecule has 0 aliphatic heterocycles. The van der Waals surface area contributed by atoms with Crippen molar-refractivity contribution in [3.05, 3.63) is 28.2 Å². The molecular formula is C12H17Cl2NO3S. The number of sulfone groups is 1. The summed E-state index contributed by atoms with van der Waals surface area (Å²) in [5.41, 5.74) is 0. The van der Waals surface area contributed by atoms with Gasteiger partial charge in [-0.1, -0.05) is 36.2 Å². The lowest BCUT2D eigenvalue weighted by Gasteiger charge is -2.13. The Labute approximate surface area is 123 Å². The van der Waals surface area contributed by atoms with Gasteiger partial charge in [0.05, 0.1) is 21.9 Å². The first kappa shape index (κ1) is 16.7. The fraction of sp³-hybridized carbons (Fsp3) is 0.500. The lowest BCUT2D eigenvalue weighted by molar-refractivity contribution is 0.194. The Hall–Kier alpha value is -0.330. The topological polar surface area (TPSA) is 66.4 Å². The number of nitrogens with one attached hydrogen (secondary N) is 1. The van der Waals surface area contributed by atoms with E-state index >= 15 is 0 Å². The van der Waals surface area contributed by atoms with E-state index in [4.69, 9.17) is 23.2 Å². The lowest BCUT2D eigenvalue weighted by Crippen LogP contribution is -2.33. The second kappa shape index (κ2) is 7.45. The predicted molar refractivity (Wildman–Crippen MR) is 77.7 cm³/mol. The summed E-state index contributed by atoms with van der Waals surface area (Å²) < 4.78 is 24.3. The molecule has 0 bridgehead atoms. The van der Waals surface area contributed by atoms with E-state index in [0.717, 1.165) is 13.0 Å². The van der Waals surface area contributed by atoms with E-state index in [0.29, 0.717) is 0 Å². The zero-order valence-corrected chi connectivity index (χ0v) is 12.9. The second-order valence-electron chi connectivity index (χ2n) is 4.19. The molecule has 0 aliphatic carbocycles. The van der Waals surface area contributed by atoms with E-state index in [1.54, 1.807) is 6.07 Å². The molecule has 0 saturated heterocycles. The van der Waals surface area contributed by atoms with Crippen molar-refractivity contribution in [2.45, 2.75) is 24.3 Å². The van der Waals surface area contributed by atoms with Gasteiger partial charge in [0.15, 0.2) is 9.84 Å². The summed E-state index contributed by atoms with van der Waals surface area (Å²) in [5, 5.41) is 12.8. The molecule has 108 valence electrons. The molecular weight excluding hydrogens is 309 g/mol. The molecule has 7 heteroatoms. The molecule has 4 nitrogen and oxygen atoms in total. The molecule has 1 atom stereocenters. The van der Waals surface area contributed by atoms with Crippen molar-refractivity contribution in [1.82, 2.24) is 5.32 Å². The van der Waals surface area contributed by atoms with Crippen molar-refractivity contribution in [2.24, 2.45) is 0 Å². The van der Waals surface area contributed by atoms with Crippen LogP contribution in [0.25, 0.3) is 0 Å². The fourth-order valence-electron chi connectivity index (χ4n) is 1.62. The number of aliphatic hydroxyl groups is 1. The first-order valence-corrected chi connectivity index (χ1v) is 8.35. The Morgan fingerprint density at radius 1 is 1.32 bits per heavy atom. The van der Waals surface area contributed by atoms with Crippen LogP contribution in [0.1, 0.15) is 13.3 Å². The molecule has 1 aromatic carbocycles. The van der Waals surface area contributed by atoms with E-state index in [-0.39, 0.29) is 21.5 Å². The highest BCUT2D eigenvalue weighted by atomic mass is 35.5. The summed E-state index contributed by atoms with van der Waals surface area (Å²) >= 11 is 11.7. The monoisotopic (exact) mass is 325 g/mol. The van der Waals surface area contributed by atoms with Crippen molar-refractivity contribution in [3.8, 4) is 0 Å². The molecule has 1 aromatic rings. The fourth-order valence-corrected chi connectivity index (χ4v) is 4.24. The highest BCUT2D eigenvalue weighted by Gasteiger charge is 2.24. The zero-order valence-electron chi connectivity index (χ0n) is 10.6. The molecule has 0 radical (unpaired) electrons. The summed E-state index contributed by atoms with van der Waals surface area (Å²) in [4.78, 5) is -0.118. The van der Waals surface area contributed by atoms with Crippen LogP contribution in [0.15, 0.2) is 23.1 Å². The van der Waals surface area contributed by atoms with Gasteiger partial charge in [-0.2, -0.15) is 0 Å². The molecule has 0 fully saturated rings. The van der Waals surface area contributed by atoms with Gasteiger partial charge < -0.3 is 10.4 Å². The molecule has 0 heterocycles. The van der Waals surface area contributed by atoms with Gasteiger partial charge in [0.25, 0.3) is 0 Å². The van der Waals surface area contributed by atoms with Crippen LogP contribution in [0.4, 0.5) is 0 Å². The third-order valence-electron chi connectivity index (χ3n) is 2.45. The Balaban J connectivity index is 2.81. The largest absolute Gasteiger partial charge is 0.391 e. The number of aliphatic hydroxyl groups excluding tert-OH is 1. The van der Waals surface area contributed by atoms with Crippen LogP contribution in [0.2, 0.25) is 10.0 Å². The molecule has 0 spiro atoms. The zero-order chi connectivity index (χ0) is 14.5. The summed E-state index contributed by atoms with van der Waals surface area (Å²) in [7, 11) is -3.71. The van der Waals surface area contributed by atoms with E-state index in [9.17, 15) is 13.5 Å². The minimum atomic E-state index is -3.71. The van der Waals surface area contributed by atoms with Crippen LogP contribution < -0.4 is 5.32 Å². The predicted octanol–water partition coefficient (Wildman–Crippen LogP) is 2.13. The average Bonchev–Trinajstić information content (AvgIpc) is 2.27. The van der Waals surface area contributed by atoms with Gasteiger partial charge in [-0.3, -0.25) is 0 Å². The summed E-state index contributed by atoms with van der Waals surface area (Å²) in [6.45, 7) is 2.93. The molecule has 2 N–H and O–H groups in total. The normalized spacial score (nSPS) is 13.5. The van der Waals surface area contributed by atoms with Crippen LogP contribution in [0.3, 0.4) is 0 Å². The van der Waals surface area contributed by atoms with Gasteiger partial charge in [-0.25, -0.2) is 8.42 Å². The highest BCUT2D eigenvalue weighted by Crippen LogP contribution is 2.30. The van der Waals surface area contributed by atoms with Crippen molar-refractivity contribution in [2.75, 3.05) is 18.8 Å². The number of halogens is 2. The lowest BCUT2D eigenvalue weighted by atomic mass is 10.4. The third kappa shape index (κ3) is 4.93. The minimum absolute atomic E-state index is 0.0706. The van der Waals surface area contributed by atoms with Crippen molar-refractivity contribution in [3.63, 3.8) is 0 Å². The summed E-state index contributed by atoms with van der Waals surface area (Å²) in [6, 6.07) is 4.49. The first-order valence-electron chi connectivity index (χ1n) is 5.94. The quantitative estimate of drug-likeness (QED) is 0.754. The Kier molecular flexibility index (Phi) is 6.56. The molecule has 19 heavy (non-hydrogen) atoms. The average molecular weight is 326 g/mol. The SMILES string of the molecule is CCCNCC(O)CS(=O)(=O)c1c(Cl)cccc1Cl. The molecule has 1 unspecified atom stereocenters. The van der Waals surface area contributed by atoms with Gasteiger partial charge in [0.1, 0.15) is 4.90 Å². The molecule has 1 rings (SSSR count). The maximum absolute atomic E-state index is 12.2. The van der Waals surface area contributed by atoms with Gasteiger partial charge in [0, 0.05) is 6.54 Å². The second-order valence-corrected chi connectivity index (χ2v) is 6.98. The van der Waals surface area contributed by atoms with Crippen LogP contribution in [0.5, 0.6) is 0 Å². The van der Waals surface area contributed by atoms with E-state index in [1.165, 1.54) is 12.1 Å². The maximum atomic E-state index is 12.2. The number of rotatable bonds is 7. The number of benzene rings is 1. The highest BCUT2D eigenvalue weighted by molar-refractivity contribution is 7.91. The van der Waals surface area contributed by atoms with Gasteiger partial charge in [0.2, 0.25) is 0 Å². The molecule has 0 amide bonds. The Morgan fingerprint density at radius 2 is 1.89 bits per heavy atom. The minimum Gasteiger partial charge on any atom is -0.391 e. The molecule has 0 saturated carbocycles. The number of hydrogen-bond donors (Lipinski definition) is 2. The Morgan fingerprint density at radius 3 is 2.42 bits per heavy atom. The van der Waals surface area contributed by atoms with Crippen LogP contribution in [-0.4, -0.2) is 38.5 Å². The van der Waals surface area contributed by atoms with Crippen molar-refractivity contribution < 1.29 is 13.5 Å². The van der Waals surface area contributed by atoms with Crippen LogP contribution in [-0.2, 0) is 9.84 Å². The van der Waals surface area contributed by atoms with Crippen LogP contribution in [0, 0.1) is 0 Å². The van der Waals surface area contributed by atoms with E-state index in [2.05, 4.69) is 5.32 Å². The third-order valence-corrected chi connectivity index (χ3v) is 5.19. The maximum Gasteiger partial charge on any atom is 0.183 e. The van der Waals surface area contributed by atoms with Crippen molar-refractivity contribution >= 4 is 33.0 Å². The van der Waals surface area contributed by atoms with Gasteiger partial charge >= 0.3 is 0 Å². The van der Waals surface area contributed by atoms with Gasteiger partial charge in [-0.05, 0) is 25.1 Å².